The molecular weight excluding hydrogens is 997 g/mol. The molecule has 0 amide bonds. The van der Waals surface area contributed by atoms with E-state index < -0.39 is 0 Å². The molecule has 0 bridgehead atoms. The van der Waals surface area contributed by atoms with Crippen LogP contribution < -0.4 is 0 Å². The van der Waals surface area contributed by atoms with E-state index in [1.807, 2.05) is 0 Å². The molecule has 0 unspecified atom stereocenters. The van der Waals surface area contributed by atoms with Gasteiger partial charge in [0, 0.05) is 14.7 Å². The summed E-state index contributed by atoms with van der Waals surface area (Å²) in [6.45, 7) is 11.3. The molecule has 1 aromatic carbocycles. The van der Waals surface area contributed by atoms with Crippen molar-refractivity contribution >= 4 is 35.3 Å². The Hall–Kier alpha value is 0.270. The summed E-state index contributed by atoms with van der Waals surface area (Å²) < 4.78 is 0. The normalized spacial score (nSPS) is 11.7. The fourth-order valence-corrected chi connectivity index (χ4v) is 15.8. The van der Waals surface area contributed by atoms with Crippen LogP contribution in [0.2, 0.25) is 0 Å². The molecule has 0 heterocycles. The molecule has 461 valence electrons. The van der Waals surface area contributed by atoms with Crippen LogP contribution in [-0.4, -0.2) is 17.3 Å². The van der Waals surface area contributed by atoms with Crippen LogP contribution in [0.1, 0.15) is 418 Å². The van der Waals surface area contributed by atoms with Crippen LogP contribution in [0, 0.1) is 6.92 Å². The third-order valence-corrected chi connectivity index (χ3v) is 21.0. The van der Waals surface area contributed by atoms with E-state index in [1.165, 1.54) is 408 Å². The predicted molar refractivity (Wildman–Crippen MR) is 366 cm³/mol. The summed E-state index contributed by atoms with van der Waals surface area (Å²) in [4.78, 5) is 4.84. The number of thioether (sulfide) groups is 3. The van der Waals surface area contributed by atoms with Gasteiger partial charge in [0.05, 0.1) is 0 Å². The maximum absolute atomic E-state index is 4.30. The van der Waals surface area contributed by atoms with Crippen molar-refractivity contribution in [3.63, 3.8) is 0 Å². The van der Waals surface area contributed by atoms with Crippen molar-refractivity contribution in [2.24, 2.45) is 0 Å². The highest BCUT2D eigenvalue weighted by Gasteiger charge is 2.14. The zero-order chi connectivity index (χ0) is 55.8. The number of rotatable bonds is 68. The first-order valence-corrected chi connectivity index (χ1v) is 39.6. The molecule has 0 saturated heterocycles. The van der Waals surface area contributed by atoms with E-state index in [9.17, 15) is 0 Å². The molecule has 1 aromatic rings. The molecule has 0 saturated carbocycles. The second-order valence-electron chi connectivity index (χ2n) is 25.2. The van der Waals surface area contributed by atoms with Crippen molar-refractivity contribution in [1.82, 2.24) is 0 Å². The second kappa shape index (κ2) is 66.4. The number of aryl methyl sites for hydroxylation is 1. The quantitative estimate of drug-likeness (QED) is 0.0471. The predicted octanol–water partition coefficient (Wildman–Crippen LogP) is 29.2. The molecule has 0 aliphatic heterocycles. The maximum Gasteiger partial charge on any atom is 0.0344 e. The molecule has 78 heavy (non-hydrogen) atoms. The monoisotopic (exact) mass is 1140 g/mol. The number of unbranched alkanes of at least 4 members (excludes halogenated alkanes) is 57. The largest absolute Gasteiger partial charge is 0.125 e. The summed E-state index contributed by atoms with van der Waals surface area (Å²) in [6, 6.07) is 5.18. The topological polar surface area (TPSA) is 0 Å². The number of hydrogen-bond acceptors (Lipinski definition) is 3. The molecule has 3 heteroatoms. The minimum absolute atomic E-state index is 0.999. The van der Waals surface area contributed by atoms with Crippen LogP contribution in [0.5, 0.6) is 0 Å². The molecule has 1 rings (SSSR count). The van der Waals surface area contributed by atoms with Gasteiger partial charge in [-0.15, -0.1) is 35.3 Å². The smallest absolute Gasteiger partial charge is 0.0344 e. The van der Waals surface area contributed by atoms with E-state index >= 15 is 0 Å². The zero-order valence-electron chi connectivity index (χ0n) is 54.0. The Balaban J connectivity index is 2.39. The minimum atomic E-state index is 0.999. The van der Waals surface area contributed by atoms with Gasteiger partial charge in [-0.05, 0) is 67.1 Å². The summed E-state index contributed by atoms with van der Waals surface area (Å²) in [6.07, 6.45) is 89.4. The van der Waals surface area contributed by atoms with Gasteiger partial charge in [-0.2, -0.15) is 0 Å². The minimum Gasteiger partial charge on any atom is -0.125 e. The first-order chi connectivity index (χ1) is 38.8. The first-order valence-electron chi connectivity index (χ1n) is 36.6. The standard InChI is InChI=1S/C75H143S3/c1-5-9-12-15-18-21-24-27-30-33-36-39-42-45-48-51-54-57-60-63-67-76-73-70-72(66-8-4)71-74(77-68-64-61-58-55-52-49-46-43-40-37-34-31-28-25-22-19-16-13-10-6-2)75(73)78-69-65-62-59-56-53-50-47-44-41-38-35-32-29-26-23-20-17-14-11-7-3/h70-71H,4-69H2,1-3H3. The Morgan fingerprint density at radius 1 is 0.231 bits per heavy atom. The summed E-state index contributed by atoms with van der Waals surface area (Å²) in [7, 11) is 0. The molecule has 0 nitrogen and oxygen atoms in total. The van der Waals surface area contributed by atoms with Gasteiger partial charge >= 0.3 is 0 Å². The van der Waals surface area contributed by atoms with Crippen molar-refractivity contribution in [2.45, 2.75) is 434 Å². The Kier molecular flexibility index (Phi) is 64.9. The van der Waals surface area contributed by atoms with Crippen molar-refractivity contribution in [3.05, 3.63) is 24.6 Å². The van der Waals surface area contributed by atoms with Crippen molar-refractivity contribution in [1.29, 1.82) is 0 Å². The summed E-state index contributed by atoms with van der Waals surface area (Å²) in [5, 5.41) is 0. The van der Waals surface area contributed by atoms with Gasteiger partial charge in [-0.25, -0.2) is 0 Å². The number of benzene rings is 1. The average molecular weight is 1140 g/mol. The summed E-state index contributed by atoms with van der Waals surface area (Å²) in [5.74, 6) is 3.85. The third-order valence-electron chi connectivity index (χ3n) is 17.3. The zero-order valence-corrected chi connectivity index (χ0v) is 56.5. The van der Waals surface area contributed by atoms with Crippen LogP contribution >= 0.6 is 35.3 Å². The van der Waals surface area contributed by atoms with E-state index in [2.05, 4.69) is 75.1 Å². The van der Waals surface area contributed by atoms with Gasteiger partial charge in [0.2, 0.25) is 0 Å². The second-order valence-corrected chi connectivity index (χ2v) is 28.6. The highest BCUT2D eigenvalue weighted by atomic mass is 32.2. The molecule has 0 spiro atoms. The molecular formula is C75H143S3. The van der Waals surface area contributed by atoms with E-state index in [1.54, 1.807) is 14.7 Å². The molecule has 0 atom stereocenters. The molecule has 0 aliphatic carbocycles. The highest BCUT2D eigenvalue weighted by Crippen LogP contribution is 2.41. The van der Waals surface area contributed by atoms with Crippen LogP contribution in [0.4, 0.5) is 0 Å². The summed E-state index contributed by atoms with van der Waals surface area (Å²) >= 11 is 6.61. The van der Waals surface area contributed by atoms with Crippen LogP contribution in [0.3, 0.4) is 0 Å². The molecule has 0 aliphatic rings. The molecule has 0 fully saturated rings. The Morgan fingerprint density at radius 3 is 0.577 bits per heavy atom. The van der Waals surface area contributed by atoms with Gasteiger partial charge in [-0.3, -0.25) is 0 Å². The molecule has 1 radical (unpaired) electrons. The van der Waals surface area contributed by atoms with Gasteiger partial charge in [0.15, 0.2) is 0 Å². The summed E-state index contributed by atoms with van der Waals surface area (Å²) in [5.41, 5.74) is 1.53. The third kappa shape index (κ3) is 55.5. The Bertz CT molecular complexity index is 1190. The van der Waals surface area contributed by atoms with Crippen molar-refractivity contribution in [2.75, 3.05) is 17.3 Å². The fraction of sp³-hybridized carbons (Fsp3) is 0.907. The van der Waals surface area contributed by atoms with Gasteiger partial charge < -0.3 is 0 Å². The maximum atomic E-state index is 4.30. The van der Waals surface area contributed by atoms with Crippen molar-refractivity contribution < 1.29 is 0 Å². The SMILES string of the molecule is [CH2]CCc1cc(SCCCCCCCCCCCCCCCCCCCCCC)c(SCCCCCCCCCCCCCCCCCCCCCC)c(SCCCCCCCCCCCCCCCCCCCCCC)c1. The van der Waals surface area contributed by atoms with E-state index in [4.69, 9.17) is 0 Å². The van der Waals surface area contributed by atoms with Gasteiger partial charge in [0.1, 0.15) is 0 Å². The van der Waals surface area contributed by atoms with E-state index in [0.717, 1.165) is 12.8 Å². The lowest BCUT2D eigenvalue weighted by Crippen LogP contribution is -1.94. The molecule has 0 N–H and O–H groups in total. The first kappa shape index (κ1) is 76.3. The van der Waals surface area contributed by atoms with Gasteiger partial charge in [0.25, 0.3) is 0 Å². The Morgan fingerprint density at radius 2 is 0.397 bits per heavy atom. The van der Waals surface area contributed by atoms with Crippen LogP contribution in [0.25, 0.3) is 0 Å². The highest BCUT2D eigenvalue weighted by molar-refractivity contribution is 8.03. The van der Waals surface area contributed by atoms with Gasteiger partial charge in [-0.1, -0.05) is 394 Å². The van der Waals surface area contributed by atoms with E-state index in [-0.39, 0.29) is 0 Å². The van der Waals surface area contributed by atoms with Crippen LogP contribution in [-0.2, 0) is 6.42 Å². The average Bonchev–Trinajstić information content (AvgIpc) is 3.47. The fourth-order valence-electron chi connectivity index (χ4n) is 11.9. The lowest BCUT2D eigenvalue weighted by molar-refractivity contribution is 0.523. The lowest BCUT2D eigenvalue weighted by Gasteiger charge is -2.17. The van der Waals surface area contributed by atoms with Crippen molar-refractivity contribution in [3.8, 4) is 0 Å². The number of hydrogen-bond donors (Lipinski definition) is 0. The Labute approximate surface area is 507 Å². The van der Waals surface area contributed by atoms with Crippen LogP contribution in [0.15, 0.2) is 26.8 Å². The lowest BCUT2D eigenvalue weighted by atomic mass is 10.0. The molecule has 0 aromatic heterocycles. The van der Waals surface area contributed by atoms with E-state index in [0.29, 0.717) is 0 Å².